The van der Waals surface area contributed by atoms with Crippen LogP contribution < -0.4 is 21.0 Å². The van der Waals surface area contributed by atoms with Gasteiger partial charge in [-0.2, -0.15) is 0 Å². The van der Waals surface area contributed by atoms with Crippen LogP contribution in [0.5, 0.6) is 0 Å². The number of hydrogen-bond donors (Lipinski definition) is 0. The SMILES string of the molecule is Cn1c(N2CCCC(C(=O)N3CCN(c4ccc(Cl)cc4)CC3)C2)cc(=O)n(C)c1=O. The molecule has 0 radical (unpaired) electrons. The Balaban J connectivity index is 1.41. The monoisotopic (exact) mass is 445 g/mol. The maximum Gasteiger partial charge on any atom is 0.332 e. The number of carbonyl (C=O) groups excluding carboxylic acids is 1. The molecule has 9 heteroatoms. The van der Waals surface area contributed by atoms with Gasteiger partial charge in [0.15, 0.2) is 0 Å². The number of hydrogen-bond acceptors (Lipinski definition) is 5. The third-order valence-electron chi connectivity index (χ3n) is 6.38. The summed E-state index contributed by atoms with van der Waals surface area (Å²) in [5.74, 6) is 0.613. The topological polar surface area (TPSA) is 70.8 Å². The second-order valence-electron chi connectivity index (χ2n) is 8.32. The van der Waals surface area contributed by atoms with Crippen molar-refractivity contribution < 1.29 is 4.79 Å². The van der Waals surface area contributed by atoms with Crippen molar-refractivity contribution in [3.8, 4) is 0 Å². The van der Waals surface area contributed by atoms with Crippen molar-refractivity contribution in [1.82, 2.24) is 14.0 Å². The van der Waals surface area contributed by atoms with Crippen molar-refractivity contribution in [2.24, 2.45) is 20.0 Å². The summed E-state index contributed by atoms with van der Waals surface area (Å²) in [5, 5.41) is 0.716. The van der Waals surface area contributed by atoms with Crippen LogP contribution in [-0.4, -0.2) is 59.2 Å². The average molecular weight is 446 g/mol. The molecule has 0 aliphatic carbocycles. The van der Waals surface area contributed by atoms with E-state index in [2.05, 4.69) is 4.90 Å². The van der Waals surface area contributed by atoms with E-state index in [0.29, 0.717) is 30.5 Å². The van der Waals surface area contributed by atoms with E-state index in [4.69, 9.17) is 11.6 Å². The molecule has 1 amide bonds. The molecular weight excluding hydrogens is 418 g/mol. The molecule has 1 atom stereocenters. The molecule has 4 rings (SSSR count). The molecule has 166 valence electrons. The predicted octanol–water partition coefficient (Wildman–Crippen LogP) is 1.30. The van der Waals surface area contributed by atoms with Gasteiger partial charge in [-0.15, -0.1) is 0 Å². The lowest BCUT2D eigenvalue weighted by atomic mass is 9.96. The molecule has 31 heavy (non-hydrogen) atoms. The van der Waals surface area contributed by atoms with Crippen LogP contribution in [0.4, 0.5) is 11.5 Å². The Morgan fingerprint density at radius 1 is 0.935 bits per heavy atom. The first kappa shape index (κ1) is 21.5. The number of amides is 1. The van der Waals surface area contributed by atoms with Gasteiger partial charge >= 0.3 is 5.69 Å². The van der Waals surface area contributed by atoms with E-state index in [0.717, 1.165) is 42.7 Å². The van der Waals surface area contributed by atoms with Crippen LogP contribution in [0.1, 0.15) is 12.8 Å². The van der Waals surface area contributed by atoms with Gasteiger partial charge in [-0.3, -0.25) is 18.7 Å². The maximum absolute atomic E-state index is 13.2. The van der Waals surface area contributed by atoms with Crippen molar-refractivity contribution in [1.29, 1.82) is 0 Å². The molecule has 2 aromatic rings. The number of rotatable bonds is 3. The smallest absolute Gasteiger partial charge is 0.332 e. The minimum atomic E-state index is -0.353. The molecule has 2 saturated heterocycles. The van der Waals surface area contributed by atoms with Crippen molar-refractivity contribution in [3.63, 3.8) is 0 Å². The van der Waals surface area contributed by atoms with Crippen LogP contribution in [0.25, 0.3) is 0 Å². The van der Waals surface area contributed by atoms with Gasteiger partial charge in [0, 0.05) is 70.1 Å². The fourth-order valence-electron chi connectivity index (χ4n) is 4.51. The molecule has 0 bridgehead atoms. The number of piperidine rings is 1. The lowest BCUT2D eigenvalue weighted by molar-refractivity contribution is -0.136. The van der Waals surface area contributed by atoms with Crippen LogP contribution in [0.2, 0.25) is 5.02 Å². The van der Waals surface area contributed by atoms with E-state index in [-0.39, 0.29) is 23.1 Å². The fourth-order valence-corrected chi connectivity index (χ4v) is 4.63. The van der Waals surface area contributed by atoms with Crippen molar-refractivity contribution in [2.75, 3.05) is 49.1 Å². The van der Waals surface area contributed by atoms with Crippen molar-refractivity contribution in [3.05, 3.63) is 56.2 Å². The average Bonchev–Trinajstić information content (AvgIpc) is 2.80. The summed E-state index contributed by atoms with van der Waals surface area (Å²) in [7, 11) is 3.14. The summed E-state index contributed by atoms with van der Waals surface area (Å²) in [6, 6.07) is 9.27. The number of aromatic nitrogens is 2. The molecule has 0 N–H and O–H groups in total. The lowest BCUT2D eigenvalue weighted by Gasteiger charge is -2.40. The first-order valence-corrected chi connectivity index (χ1v) is 11.0. The number of benzene rings is 1. The van der Waals surface area contributed by atoms with Gasteiger partial charge in [-0.25, -0.2) is 4.79 Å². The predicted molar refractivity (Wildman–Crippen MR) is 122 cm³/mol. The van der Waals surface area contributed by atoms with Crippen molar-refractivity contribution >= 4 is 29.0 Å². The zero-order valence-corrected chi connectivity index (χ0v) is 18.7. The van der Waals surface area contributed by atoms with Crippen LogP contribution in [-0.2, 0) is 18.9 Å². The van der Waals surface area contributed by atoms with E-state index in [1.807, 2.05) is 34.1 Å². The van der Waals surface area contributed by atoms with Gasteiger partial charge in [0.25, 0.3) is 5.56 Å². The molecule has 0 saturated carbocycles. The van der Waals surface area contributed by atoms with Crippen LogP contribution in [0.15, 0.2) is 39.9 Å². The molecule has 2 aliphatic heterocycles. The van der Waals surface area contributed by atoms with E-state index < -0.39 is 0 Å². The van der Waals surface area contributed by atoms with Crippen LogP contribution in [0.3, 0.4) is 0 Å². The molecule has 8 nitrogen and oxygen atoms in total. The summed E-state index contributed by atoms with van der Waals surface area (Å²) < 4.78 is 2.58. The highest BCUT2D eigenvalue weighted by molar-refractivity contribution is 6.30. The zero-order chi connectivity index (χ0) is 22.1. The van der Waals surface area contributed by atoms with Gasteiger partial charge in [-0.05, 0) is 37.1 Å². The molecule has 2 aliphatic rings. The van der Waals surface area contributed by atoms with Gasteiger partial charge in [0.2, 0.25) is 5.91 Å². The van der Waals surface area contributed by atoms with E-state index >= 15 is 0 Å². The summed E-state index contributed by atoms with van der Waals surface area (Å²) in [4.78, 5) is 43.8. The second kappa shape index (κ2) is 8.78. The minimum Gasteiger partial charge on any atom is -0.368 e. The number of halogens is 1. The summed E-state index contributed by atoms with van der Waals surface area (Å²) >= 11 is 5.98. The van der Waals surface area contributed by atoms with Gasteiger partial charge in [0.1, 0.15) is 5.82 Å². The first-order valence-electron chi connectivity index (χ1n) is 10.7. The Bertz CT molecular complexity index is 1070. The molecule has 1 aromatic heterocycles. The molecule has 1 aromatic carbocycles. The van der Waals surface area contributed by atoms with Gasteiger partial charge in [-0.1, -0.05) is 11.6 Å². The van der Waals surface area contributed by atoms with E-state index in [1.165, 1.54) is 17.7 Å². The van der Waals surface area contributed by atoms with Gasteiger partial charge in [0.05, 0.1) is 5.92 Å². The third kappa shape index (κ3) is 4.35. The molecule has 3 heterocycles. The summed E-state index contributed by atoms with van der Waals surface area (Å²) in [6.07, 6.45) is 1.68. The quantitative estimate of drug-likeness (QED) is 0.712. The Morgan fingerprint density at radius 3 is 2.29 bits per heavy atom. The first-order chi connectivity index (χ1) is 14.8. The minimum absolute atomic E-state index is 0.130. The lowest BCUT2D eigenvalue weighted by Crippen LogP contribution is -2.53. The Kier molecular flexibility index (Phi) is 6.09. The Morgan fingerprint density at radius 2 is 1.61 bits per heavy atom. The molecule has 2 fully saturated rings. The Hall–Kier alpha value is -2.74. The number of anilines is 2. The number of nitrogens with zero attached hydrogens (tertiary/aromatic N) is 5. The fraction of sp³-hybridized carbons (Fsp3) is 0.500. The largest absolute Gasteiger partial charge is 0.368 e. The van der Waals surface area contributed by atoms with Crippen LogP contribution in [0, 0.1) is 5.92 Å². The van der Waals surface area contributed by atoms with Gasteiger partial charge < -0.3 is 14.7 Å². The standard InChI is InChI=1S/C22H28ClN5O3/c1-24-19(14-20(29)25(2)22(24)31)28-9-3-4-16(15-28)21(30)27-12-10-26(11-13-27)18-7-5-17(23)6-8-18/h5-8,14,16H,3-4,9-13,15H2,1-2H3. The van der Waals surface area contributed by atoms with E-state index in [9.17, 15) is 14.4 Å². The summed E-state index contributed by atoms with van der Waals surface area (Å²) in [5.41, 5.74) is 0.436. The highest BCUT2D eigenvalue weighted by Gasteiger charge is 2.32. The number of piperazine rings is 1. The third-order valence-corrected chi connectivity index (χ3v) is 6.63. The highest BCUT2D eigenvalue weighted by atomic mass is 35.5. The van der Waals surface area contributed by atoms with Crippen LogP contribution >= 0.6 is 11.6 Å². The molecule has 0 spiro atoms. The normalized spacial score (nSPS) is 19.6. The summed E-state index contributed by atoms with van der Waals surface area (Å²) in [6.45, 7) is 4.19. The second-order valence-corrected chi connectivity index (χ2v) is 8.75. The Labute approximate surface area is 186 Å². The maximum atomic E-state index is 13.2. The van der Waals surface area contributed by atoms with Crippen molar-refractivity contribution in [2.45, 2.75) is 12.8 Å². The number of carbonyl (C=O) groups is 1. The highest BCUT2D eigenvalue weighted by Crippen LogP contribution is 2.25. The zero-order valence-electron chi connectivity index (χ0n) is 18.0. The molecular formula is C22H28ClN5O3. The van der Waals surface area contributed by atoms with E-state index in [1.54, 1.807) is 7.05 Å². The molecule has 1 unspecified atom stereocenters.